The molecular formula is C19H18Br2N4O4. The Bertz CT molecular complexity index is 974. The number of hydrazone groups is 1. The van der Waals surface area contributed by atoms with E-state index in [4.69, 9.17) is 14.2 Å². The lowest BCUT2D eigenvalue weighted by Gasteiger charge is -2.13. The number of aromatic nitrogens is 1. The minimum absolute atomic E-state index is 0.0680. The average Bonchev–Trinajstić information content (AvgIpc) is 2.70. The van der Waals surface area contributed by atoms with Crippen LogP contribution in [-0.4, -0.2) is 37.9 Å². The lowest BCUT2D eigenvalue weighted by atomic mass is 10.1. The summed E-state index contributed by atoms with van der Waals surface area (Å²) in [6.07, 6.45) is 1.49. The van der Waals surface area contributed by atoms with Gasteiger partial charge in [-0.15, -0.1) is 0 Å². The molecule has 2 aromatic rings. The van der Waals surface area contributed by atoms with Crippen LogP contribution in [0.4, 0.5) is 0 Å². The van der Waals surface area contributed by atoms with Crippen molar-refractivity contribution < 1.29 is 19.0 Å². The first-order valence-corrected chi connectivity index (χ1v) is 9.86. The molecule has 0 atom stereocenters. The molecule has 1 N–H and O–H groups in total. The molecule has 0 saturated carbocycles. The summed E-state index contributed by atoms with van der Waals surface area (Å²) in [4.78, 5) is 16.2. The van der Waals surface area contributed by atoms with E-state index in [0.717, 1.165) is 10.0 Å². The highest BCUT2D eigenvalue weighted by molar-refractivity contribution is 9.10. The number of halogens is 2. The van der Waals surface area contributed by atoms with E-state index in [0.29, 0.717) is 21.5 Å². The number of hydrogen-bond acceptors (Lipinski definition) is 7. The molecule has 0 aliphatic rings. The molecule has 0 unspecified atom stereocenters. The van der Waals surface area contributed by atoms with Crippen LogP contribution in [0.1, 0.15) is 22.4 Å². The summed E-state index contributed by atoms with van der Waals surface area (Å²) in [5.41, 5.74) is 4.57. The van der Waals surface area contributed by atoms with E-state index in [-0.39, 0.29) is 24.7 Å². The minimum atomic E-state index is -0.492. The maximum Gasteiger partial charge on any atom is 0.278 e. The van der Waals surface area contributed by atoms with Gasteiger partial charge in [0.05, 0.1) is 30.1 Å². The average molecular weight is 526 g/mol. The van der Waals surface area contributed by atoms with Crippen molar-refractivity contribution in [2.24, 2.45) is 5.10 Å². The van der Waals surface area contributed by atoms with E-state index in [1.807, 2.05) is 6.07 Å². The third-order valence-corrected chi connectivity index (χ3v) is 5.36. The molecule has 0 aliphatic heterocycles. The molecule has 0 radical (unpaired) electrons. The lowest BCUT2D eigenvalue weighted by Crippen LogP contribution is -2.25. The van der Waals surface area contributed by atoms with Gasteiger partial charge in [0.15, 0.2) is 6.61 Å². The summed E-state index contributed by atoms with van der Waals surface area (Å²) in [6, 6.07) is 7.42. The zero-order valence-electron chi connectivity index (χ0n) is 16.0. The van der Waals surface area contributed by atoms with Gasteiger partial charge in [-0.3, -0.25) is 4.79 Å². The van der Waals surface area contributed by atoms with Gasteiger partial charge in [0, 0.05) is 17.1 Å². The SMILES string of the molecule is COCc1c(Br)c(C)nc(OCC(=O)NN=Cc2ccc(OC)c(Br)c2)c1C#N. The number of hydrogen-bond donors (Lipinski definition) is 1. The van der Waals surface area contributed by atoms with Gasteiger partial charge in [-0.1, -0.05) is 0 Å². The number of pyridine rings is 1. The number of aryl methyl sites for hydroxylation is 1. The minimum Gasteiger partial charge on any atom is -0.496 e. The molecular weight excluding hydrogens is 508 g/mol. The van der Waals surface area contributed by atoms with Crippen LogP contribution in [0.25, 0.3) is 0 Å². The summed E-state index contributed by atoms with van der Waals surface area (Å²) >= 11 is 6.78. The van der Waals surface area contributed by atoms with E-state index in [1.165, 1.54) is 13.3 Å². The first-order valence-electron chi connectivity index (χ1n) is 8.27. The van der Waals surface area contributed by atoms with Gasteiger partial charge in [0.25, 0.3) is 5.91 Å². The second-order valence-corrected chi connectivity index (χ2v) is 7.34. The molecule has 2 rings (SSSR count). The summed E-state index contributed by atoms with van der Waals surface area (Å²) in [7, 11) is 3.10. The molecule has 1 heterocycles. The number of rotatable bonds is 8. The third-order valence-electron chi connectivity index (χ3n) is 3.69. The fourth-order valence-electron chi connectivity index (χ4n) is 2.32. The number of carbonyl (C=O) groups is 1. The Hall–Kier alpha value is -2.48. The Morgan fingerprint density at radius 2 is 2.14 bits per heavy atom. The first-order chi connectivity index (χ1) is 13.9. The van der Waals surface area contributed by atoms with Gasteiger partial charge in [-0.2, -0.15) is 10.4 Å². The topological polar surface area (TPSA) is 106 Å². The fraction of sp³-hybridized carbons (Fsp3) is 0.263. The van der Waals surface area contributed by atoms with Crippen LogP contribution in [0.5, 0.6) is 11.6 Å². The predicted molar refractivity (Wildman–Crippen MR) is 114 cm³/mol. The van der Waals surface area contributed by atoms with Crippen molar-refractivity contribution in [3.63, 3.8) is 0 Å². The Kier molecular flexibility index (Phi) is 8.57. The van der Waals surface area contributed by atoms with Gasteiger partial charge in [0.2, 0.25) is 5.88 Å². The Labute approximate surface area is 185 Å². The second-order valence-electron chi connectivity index (χ2n) is 5.69. The van der Waals surface area contributed by atoms with Crippen LogP contribution in [0.3, 0.4) is 0 Å². The monoisotopic (exact) mass is 524 g/mol. The molecule has 1 aromatic carbocycles. The van der Waals surface area contributed by atoms with Gasteiger partial charge in [-0.25, -0.2) is 10.4 Å². The van der Waals surface area contributed by atoms with Crippen LogP contribution in [0, 0.1) is 18.3 Å². The van der Waals surface area contributed by atoms with Crippen LogP contribution >= 0.6 is 31.9 Å². The number of ether oxygens (including phenoxy) is 3. The van der Waals surface area contributed by atoms with Crippen molar-refractivity contribution >= 4 is 44.0 Å². The molecule has 1 aromatic heterocycles. The second kappa shape index (κ2) is 10.9. The van der Waals surface area contributed by atoms with E-state index in [9.17, 15) is 10.1 Å². The first kappa shape index (κ1) is 22.8. The van der Waals surface area contributed by atoms with Crippen LogP contribution < -0.4 is 14.9 Å². The van der Waals surface area contributed by atoms with Crippen LogP contribution in [-0.2, 0) is 16.1 Å². The molecule has 152 valence electrons. The molecule has 10 heteroatoms. The summed E-state index contributed by atoms with van der Waals surface area (Å²) in [6.45, 7) is 1.62. The number of methoxy groups -OCH3 is 2. The molecule has 0 fully saturated rings. The van der Waals surface area contributed by atoms with Crippen molar-refractivity contribution in [3.8, 4) is 17.7 Å². The highest BCUT2D eigenvalue weighted by Crippen LogP contribution is 2.30. The maximum atomic E-state index is 12.0. The molecule has 0 aliphatic carbocycles. The fourth-order valence-corrected chi connectivity index (χ4v) is 3.28. The van der Waals surface area contributed by atoms with Gasteiger partial charge in [0.1, 0.15) is 17.4 Å². The standard InChI is InChI=1S/C19H18Br2N4O4/c1-11-18(21)14(9-27-2)13(7-22)19(24-11)29-10-17(26)25-23-8-12-4-5-16(28-3)15(20)6-12/h4-6,8H,9-10H2,1-3H3,(H,25,26). The molecule has 0 spiro atoms. The number of benzene rings is 1. The van der Waals surface area contributed by atoms with Crippen molar-refractivity contribution in [2.75, 3.05) is 20.8 Å². The number of amides is 1. The van der Waals surface area contributed by atoms with Crippen LogP contribution in [0.2, 0.25) is 0 Å². The largest absolute Gasteiger partial charge is 0.496 e. The van der Waals surface area contributed by atoms with Gasteiger partial charge < -0.3 is 14.2 Å². The number of nitrogens with zero attached hydrogens (tertiary/aromatic N) is 3. The maximum absolute atomic E-state index is 12.0. The normalized spacial score (nSPS) is 10.6. The highest BCUT2D eigenvalue weighted by Gasteiger charge is 2.18. The highest BCUT2D eigenvalue weighted by atomic mass is 79.9. The van der Waals surface area contributed by atoms with Crippen LogP contribution in [0.15, 0.2) is 32.2 Å². The number of carbonyl (C=O) groups excluding carboxylic acids is 1. The van der Waals surface area contributed by atoms with E-state index in [2.05, 4.69) is 47.4 Å². The van der Waals surface area contributed by atoms with Crippen molar-refractivity contribution in [1.29, 1.82) is 5.26 Å². The summed E-state index contributed by atoms with van der Waals surface area (Å²) in [5, 5.41) is 13.3. The van der Waals surface area contributed by atoms with Crippen molar-refractivity contribution in [2.45, 2.75) is 13.5 Å². The lowest BCUT2D eigenvalue weighted by molar-refractivity contribution is -0.123. The molecule has 1 amide bonds. The Morgan fingerprint density at radius 1 is 1.38 bits per heavy atom. The van der Waals surface area contributed by atoms with Gasteiger partial charge in [-0.05, 0) is 62.5 Å². The predicted octanol–water partition coefficient (Wildman–Crippen LogP) is 3.47. The number of nitriles is 1. The smallest absolute Gasteiger partial charge is 0.278 e. The zero-order chi connectivity index (χ0) is 21.4. The molecule has 29 heavy (non-hydrogen) atoms. The molecule has 8 nitrogen and oxygen atoms in total. The number of nitrogens with one attached hydrogen (secondary N) is 1. The Balaban J connectivity index is 2.02. The molecule has 0 bridgehead atoms. The van der Waals surface area contributed by atoms with E-state index in [1.54, 1.807) is 32.2 Å². The summed E-state index contributed by atoms with van der Waals surface area (Å²) < 4.78 is 17.2. The quantitative estimate of drug-likeness (QED) is 0.418. The van der Waals surface area contributed by atoms with Crippen molar-refractivity contribution in [3.05, 3.63) is 49.5 Å². The van der Waals surface area contributed by atoms with E-state index >= 15 is 0 Å². The summed E-state index contributed by atoms with van der Waals surface area (Å²) in [5.74, 6) is 0.268. The van der Waals surface area contributed by atoms with E-state index < -0.39 is 5.91 Å². The third kappa shape index (κ3) is 6.00. The van der Waals surface area contributed by atoms with Gasteiger partial charge >= 0.3 is 0 Å². The Morgan fingerprint density at radius 3 is 2.76 bits per heavy atom. The zero-order valence-corrected chi connectivity index (χ0v) is 19.1. The molecule has 0 saturated heterocycles. The van der Waals surface area contributed by atoms with Crippen molar-refractivity contribution in [1.82, 2.24) is 10.4 Å².